The van der Waals surface area contributed by atoms with Crippen molar-refractivity contribution >= 4 is 0 Å². The van der Waals surface area contributed by atoms with E-state index < -0.39 is 0 Å². The van der Waals surface area contributed by atoms with Gasteiger partial charge in [-0.2, -0.15) is 0 Å². The fraction of sp³-hybridized carbons (Fsp3) is 0.571. The first-order chi connectivity index (χ1) is 8.70. The topological polar surface area (TPSA) is 38.5 Å². The van der Waals surface area contributed by atoms with Crippen molar-refractivity contribution in [3.63, 3.8) is 0 Å². The third-order valence-electron chi connectivity index (χ3n) is 3.37. The average molecular weight is 252 g/mol. The molecule has 1 aliphatic heterocycles. The summed E-state index contributed by atoms with van der Waals surface area (Å²) in [5, 5.41) is 0. The molecule has 2 unspecified atom stereocenters. The lowest BCUT2D eigenvalue weighted by atomic mass is 10.0. The van der Waals surface area contributed by atoms with Crippen LogP contribution in [0.3, 0.4) is 0 Å². The van der Waals surface area contributed by atoms with Gasteiger partial charge in [0.15, 0.2) is 0 Å². The Kier molecular flexibility index (Phi) is 4.69. The summed E-state index contributed by atoms with van der Waals surface area (Å²) in [4.78, 5) is 2.37. The lowest BCUT2D eigenvalue weighted by Crippen LogP contribution is -2.47. The van der Waals surface area contributed by atoms with Crippen LogP contribution in [0.2, 0.25) is 0 Å². The van der Waals surface area contributed by atoms with Gasteiger partial charge in [0.25, 0.3) is 0 Å². The lowest BCUT2D eigenvalue weighted by molar-refractivity contribution is -0.0408. The van der Waals surface area contributed by atoms with Crippen LogP contribution < -0.4 is 5.73 Å². The van der Waals surface area contributed by atoms with Crippen LogP contribution in [0, 0.1) is 5.82 Å². The van der Waals surface area contributed by atoms with Crippen LogP contribution in [0.15, 0.2) is 24.3 Å². The van der Waals surface area contributed by atoms with Crippen molar-refractivity contribution in [3.8, 4) is 0 Å². The maximum atomic E-state index is 12.9. The molecule has 2 rings (SSSR count). The van der Waals surface area contributed by atoms with Crippen LogP contribution in [0.4, 0.5) is 4.39 Å². The minimum Gasteiger partial charge on any atom is -0.374 e. The van der Waals surface area contributed by atoms with E-state index in [2.05, 4.69) is 11.8 Å². The monoisotopic (exact) mass is 252 g/mol. The molecule has 1 heterocycles. The highest BCUT2D eigenvalue weighted by Crippen LogP contribution is 2.20. The summed E-state index contributed by atoms with van der Waals surface area (Å²) in [6.45, 7) is 5.80. The first-order valence-electron chi connectivity index (χ1n) is 6.55. The molecule has 0 spiro atoms. The van der Waals surface area contributed by atoms with Crippen LogP contribution >= 0.6 is 0 Å². The molecule has 3 nitrogen and oxygen atoms in total. The van der Waals surface area contributed by atoms with E-state index in [1.807, 2.05) is 0 Å². The molecule has 1 fully saturated rings. The van der Waals surface area contributed by atoms with Crippen LogP contribution in [0.5, 0.6) is 0 Å². The van der Waals surface area contributed by atoms with Gasteiger partial charge < -0.3 is 10.5 Å². The normalized spacial score (nSPS) is 22.9. The predicted octanol–water partition coefficient (Wildman–Crippen LogP) is 1.94. The van der Waals surface area contributed by atoms with E-state index in [1.165, 1.54) is 12.1 Å². The van der Waals surface area contributed by atoms with Crippen LogP contribution in [0.1, 0.15) is 24.9 Å². The Morgan fingerprint density at radius 2 is 2.17 bits per heavy atom. The molecule has 1 aliphatic rings. The smallest absolute Gasteiger partial charge is 0.123 e. The Morgan fingerprint density at radius 3 is 2.83 bits per heavy atom. The zero-order valence-corrected chi connectivity index (χ0v) is 10.8. The number of nitrogens with two attached hydrogens (primary N) is 1. The maximum Gasteiger partial charge on any atom is 0.123 e. The van der Waals surface area contributed by atoms with Crippen molar-refractivity contribution in [1.29, 1.82) is 0 Å². The largest absolute Gasteiger partial charge is 0.374 e. The van der Waals surface area contributed by atoms with E-state index in [0.717, 1.165) is 38.2 Å². The van der Waals surface area contributed by atoms with E-state index in [0.29, 0.717) is 0 Å². The molecule has 1 aromatic rings. The van der Waals surface area contributed by atoms with E-state index in [-0.39, 0.29) is 18.0 Å². The maximum absolute atomic E-state index is 12.9. The molecule has 0 aliphatic carbocycles. The Hall–Kier alpha value is -0.970. The molecule has 1 aromatic carbocycles. The SMILES string of the molecule is CCCN1CCOC(C(N)c2ccc(F)cc2)C1. The second kappa shape index (κ2) is 6.27. The van der Waals surface area contributed by atoms with Gasteiger partial charge in [-0.3, -0.25) is 4.90 Å². The molecular formula is C14H21FN2O. The number of benzene rings is 1. The van der Waals surface area contributed by atoms with Gasteiger partial charge in [-0.25, -0.2) is 4.39 Å². The number of morpholine rings is 1. The highest BCUT2D eigenvalue weighted by Gasteiger charge is 2.26. The van der Waals surface area contributed by atoms with E-state index in [1.54, 1.807) is 12.1 Å². The van der Waals surface area contributed by atoms with Gasteiger partial charge in [-0.15, -0.1) is 0 Å². The first-order valence-corrected chi connectivity index (χ1v) is 6.55. The first kappa shape index (κ1) is 13.5. The van der Waals surface area contributed by atoms with Crippen LogP contribution in [0.25, 0.3) is 0 Å². The quantitative estimate of drug-likeness (QED) is 0.890. The van der Waals surface area contributed by atoms with E-state index in [4.69, 9.17) is 10.5 Å². The predicted molar refractivity (Wildman–Crippen MR) is 69.8 cm³/mol. The van der Waals surface area contributed by atoms with Crippen molar-refractivity contribution in [3.05, 3.63) is 35.6 Å². The molecule has 0 bridgehead atoms. The fourth-order valence-electron chi connectivity index (χ4n) is 2.37. The summed E-state index contributed by atoms with van der Waals surface area (Å²) in [7, 11) is 0. The zero-order valence-electron chi connectivity index (χ0n) is 10.8. The molecule has 0 radical (unpaired) electrons. The molecule has 2 N–H and O–H groups in total. The van der Waals surface area contributed by atoms with Crippen molar-refractivity contribution in [2.45, 2.75) is 25.5 Å². The molecule has 0 saturated carbocycles. The minimum absolute atomic E-state index is 0.00392. The summed E-state index contributed by atoms with van der Waals surface area (Å²) >= 11 is 0. The Labute approximate surface area is 108 Å². The van der Waals surface area contributed by atoms with Gasteiger partial charge in [0.2, 0.25) is 0 Å². The molecule has 2 atom stereocenters. The molecule has 1 saturated heterocycles. The minimum atomic E-state index is -0.233. The van der Waals surface area contributed by atoms with Gasteiger partial charge in [0.1, 0.15) is 5.82 Å². The second-order valence-electron chi connectivity index (χ2n) is 4.79. The van der Waals surface area contributed by atoms with Gasteiger partial charge in [0.05, 0.1) is 18.8 Å². The third kappa shape index (κ3) is 3.28. The van der Waals surface area contributed by atoms with Crippen molar-refractivity contribution < 1.29 is 9.13 Å². The van der Waals surface area contributed by atoms with Gasteiger partial charge in [-0.1, -0.05) is 19.1 Å². The van der Waals surface area contributed by atoms with Gasteiger partial charge in [0, 0.05) is 13.1 Å². The van der Waals surface area contributed by atoms with Gasteiger partial charge in [-0.05, 0) is 30.7 Å². The summed E-state index contributed by atoms with van der Waals surface area (Å²) in [6.07, 6.45) is 1.13. The van der Waals surface area contributed by atoms with Crippen molar-refractivity contribution in [2.24, 2.45) is 5.73 Å². The van der Waals surface area contributed by atoms with Crippen molar-refractivity contribution in [2.75, 3.05) is 26.2 Å². The van der Waals surface area contributed by atoms with Crippen LogP contribution in [-0.4, -0.2) is 37.2 Å². The summed E-state index contributed by atoms with van der Waals surface area (Å²) < 4.78 is 18.6. The molecular weight excluding hydrogens is 231 g/mol. The number of halogens is 1. The van der Waals surface area contributed by atoms with E-state index >= 15 is 0 Å². The van der Waals surface area contributed by atoms with Crippen LogP contribution in [-0.2, 0) is 4.74 Å². The number of ether oxygens (including phenoxy) is 1. The highest BCUT2D eigenvalue weighted by atomic mass is 19.1. The molecule has 0 aromatic heterocycles. The van der Waals surface area contributed by atoms with Gasteiger partial charge >= 0.3 is 0 Å². The lowest BCUT2D eigenvalue weighted by Gasteiger charge is -2.35. The number of nitrogens with zero attached hydrogens (tertiary/aromatic N) is 1. The zero-order chi connectivity index (χ0) is 13.0. The second-order valence-corrected chi connectivity index (χ2v) is 4.79. The summed E-state index contributed by atoms with van der Waals surface area (Å²) in [5.74, 6) is -0.233. The number of rotatable bonds is 4. The third-order valence-corrected chi connectivity index (χ3v) is 3.37. The molecule has 4 heteroatoms. The van der Waals surface area contributed by atoms with E-state index in [9.17, 15) is 4.39 Å². The standard InChI is InChI=1S/C14H21FN2O/c1-2-7-17-8-9-18-13(10-17)14(16)11-3-5-12(15)6-4-11/h3-6,13-14H,2,7-10,16H2,1H3. The average Bonchev–Trinajstić information content (AvgIpc) is 2.39. The van der Waals surface area contributed by atoms with Crippen molar-refractivity contribution in [1.82, 2.24) is 4.90 Å². The highest BCUT2D eigenvalue weighted by molar-refractivity contribution is 5.20. The Balaban J connectivity index is 1.99. The summed E-state index contributed by atoms with van der Waals surface area (Å²) in [6, 6.07) is 6.18. The molecule has 18 heavy (non-hydrogen) atoms. The Bertz CT molecular complexity index is 367. The summed E-state index contributed by atoms with van der Waals surface area (Å²) in [5.41, 5.74) is 7.13. The number of hydrogen-bond donors (Lipinski definition) is 1. The fourth-order valence-corrected chi connectivity index (χ4v) is 2.37. The molecule has 0 amide bonds. The number of hydrogen-bond acceptors (Lipinski definition) is 3. The Morgan fingerprint density at radius 1 is 1.44 bits per heavy atom. The molecule has 100 valence electrons.